The van der Waals surface area contributed by atoms with Crippen molar-refractivity contribution in [2.75, 3.05) is 13.2 Å². The molecule has 0 saturated carbocycles. The van der Waals surface area contributed by atoms with Crippen LogP contribution in [0.3, 0.4) is 0 Å². The van der Waals surface area contributed by atoms with Crippen LogP contribution in [0.15, 0.2) is 133 Å². The predicted molar refractivity (Wildman–Crippen MR) is 162 cm³/mol. The molecular formula is C35H31N2O3P. The van der Waals surface area contributed by atoms with Gasteiger partial charge >= 0.3 is 6.09 Å². The molecule has 41 heavy (non-hydrogen) atoms. The van der Waals surface area contributed by atoms with E-state index in [4.69, 9.17) is 4.74 Å². The lowest BCUT2D eigenvalue weighted by atomic mass is 9.81. The van der Waals surface area contributed by atoms with E-state index in [0.29, 0.717) is 6.54 Å². The largest absolute Gasteiger partial charge is 0.447 e. The summed E-state index contributed by atoms with van der Waals surface area (Å²) < 4.78 is 5.55. The molecule has 0 N–H and O–H groups in total. The summed E-state index contributed by atoms with van der Waals surface area (Å²) in [5, 5.41) is 2.56. The van der Waals surface area contributed by atoms with E-state index >= 15 is 0 Å². The van der Waals surface area contributed by atoms with Crippen molar-refractivity contribution in [3.8, 4) is 0 Å². The minimum Gasteiger partial charge on any atom is -0.447 e. The lowest BCUT2D eigenvalue weighted by molar-refractivity contribution is -0.155. The van der Waals surface area contributed by atoms with Gasteiger partial charge in [-0.1, -0.05) is 127 Å². The van der Waals surface area contributed by atoms with E-state index in [1.807, 2.05) is 41.3 Å². The molecule has 2 amide bonds. The van der Waals surface area contributed by atoms with E-state index in [1.54, 1.807) is 4.90 Å². The number of β-lactam (4-membered cyclic amide) rings is 1. The van der Waals surface area contributed by atoms with Crippen LogP contribution in [0.2, 0.25) is 0 Å². The summed E-state index contributed by atoms with van der Waals surface area (Å²) in [4.78, 5) is 30.6. The summed E-state index contributed by atoms with van der Waals surface area (Å²) in [6.07, 6.45) is 0.409. The lowest BCUT2D eigenvalue weighted by Gasteiger charge is -2.49. The molecular weight excluding hydrogens is 527 g/mol. The molecule has 3 aliphatic rings. The Hall–Kier alpha value is -4.21. The van der Waals surface area contributed by atoms with Crippen LogP contribution in [0.4, 0.5) is 4.79 Å². The fraction of sp³-hybridized carbons (Fsp3) is 0.200. The van der Waals surface area contributed by atoms with Crippen LogP contribution in [-0.4, -0.2) is 47.0 Å². The van der Waals surface area contributed by atoms with Crippen LogP contribution in [0.25, 0.3) is 0 Å². The van der Waals surface area contributed by atoms with Gasteiger partial charge in [-0.05, 0) is 41.7 Å². The summed E-state index contributed by atoms with van der Waals surface area (Å²) >= 11 is 0. The quantitative estimate of drug-likeness (QED) is 0.218. The molecule has 5 nitrogen and oxygen atoms in total. The van der Waals surface area contributed by atoms with Gasteiger partial charge in [0.1, 0.15) is 12.6 Å². The number of hydrogen-bond acceptors (Lipinski definition) is 3. The number of carbonyl (C=O) groups excluding carboxylic acids is 2. The smallest absolute Gasteiger partial charge is 0.411 e. The third-order valence-corrected chi connectivity index (χ3v) is 10.8. The molecule has 4 aromatic carbocycles. The molecule has 3 fully saturated rings. The number of nitrogens with zero attached hydrogens (tertiary/aromatic N) is 2. The second-order valence-electron chi connectivity index (χ2n) is 10.9. The number of benzene rings is 4. The van der Waals surface area contributed by atoms with Gasteiger partial charge in [-0.3, -0.25) is 9.69 Å². The molecule has 0 radical (unpaired) electrons. The molecule has 0 aromatic heterocycles. The van der Waals surface area contributed by atoms with Crippen molar-refractivity contribution in [3.63, 3.8) is 0 Å². The first-order valence-electron chi connectivity index (χ1n) is 14.1. The summed E-state index contributed by atoms with van der Waals surface area (Å²) in [7, 11) is -0.771. The van der Waals surface area contributed by atoms with Crippen LogP contribution in [-0.2, 0) is 16.0 Å². The predicted octanol–water partition coefficient (Wildman–Crippen LogP) is 5.65. The highest BCUT2D eigenvalue weighted by Crippen LogP contribution is 2.49. The van der Waals surface area contributed by atoms with Gasteiger partial charge in [-0.25, -0.2) is 4.79 Å². The molecule has 3 heterocycles. The van der Waals surface area contributed by atoms with E-state index in [9.17, 15) is 9.59 Å². The van der Waals surface area contributed by atoms with Crippen LogP contribution in [0.5, 0.6) is 0 Å². The molecule has 4 atom stereocenters. The molecule has 204 valence electrons. The van der Waals surface area contributed by atoms with Gasteiger partial charge in [0.15, 0.2) is 0 Å². The van der Waals surface area contributed by atoms with Crippen LogP contribution in [0, 0.1) is 5.92 Å². The lowest BCUT2D eigenvalue weighted by Crippen LogP contribution is -2.70. The maximum Gasteiger partial charge on any atom is 0.411 e. The fourth-order valence-electron chi connectivity index (χ4n) is 6.56. The third kappa shape index (κ3) is 4.75. The number of amides is 2. The van der Waals surface area contributed by atoms with Crippen LogP contribution >= 0.6 is 7.92 Å². The molecule has 0 unspecified atom stereocenters. The standard InChI is InChI=1S/C35H31N2O3P/c38-34-33(37-31(23-40-35(37)39)26-15-7-2-8-16-26)32-30(21-25-13-5-1-6-14-25)27(22-36(32)34)24-41(28-17-9-3-10-18-28)29-19-11-4-12-20-29/h1-20,24,30-33H,21-23H2/b27-24+/t30-,31+,32+,33-/m0/s1. The van der Waals surface area contributed by atoms with Gasteiger partial charge in [0.25, 0.3) is 0 Å². The van der Waals surface area contributed by atoms with Gasteiger partial charge < -0.3 is 9.64 Å². The summed E-state index contributed by atoms with van der Waals surface area (Å²) in [6.45, 7) is 0.855. The molecule has 0 aliphatic carbocycles. The van der Waals surface area contributed by atoms with Crippen molar-refractivity contribution < 1.29 is 14.3 Å². The van der Waals surface area contributed by atoms with Crippen molar-refractivity contribution in [2.45, 2.75) is 24.5 Å². The Labute approximate surface area is 241 Å². The zero-order valence-electron chi connectivity index (χ0n) is 22.6. The number of fused-ring (bicyclic) bond motifs is 1. The maximum atomic E-state index is 13.8. The first kappa shape index (κ1) is 25.7. The van der Waals surface area contributed by atoms with Gasteiger partial charge in [0.2, 0.25) is 5.91 Å². The summed E-state index contributed by atoms with van der Waals surface area (Å²) in [5.41, 5.74) is 3.50. The Kier molecular flexibility index (Phi) is 6.90. The first-order valence-corrected chi connectivity index (χ1v) is 15.5. The zero-order valence-corrected chi connectivity index (χ0v) is 23.5. The summed E-state index contributed by atoms with van der Waals surface area (Å²) in [5.74, 6) is 2.55. The van der Waals surface area contributed by atoms with Gasteiger partial charge in [-0.15, -0.1) is 0 Å². The highest BCUT2D eigenvalue weighted by molar-refractivity contribution is 7.75. The number of rotatable bonds is 7. The molecule has 6 heteroatoms. The van der Waals surface area contributed by atoms with Crippen molar-refractivity contribution in [1.29, 1.82) is 0 Å². The Morgan fingerprint density at radius 2 is 1.32 bits per heavy atom. The second-order valence-corrected chi connectivity index (χ2v) is 12.9. The molecule has 0 spiro atoms. The fourth-order valence-corrected chi connectivity index (χ4v) is 8.75. The van der Waals surface area contributed by atoms with E-state index in [0.717, 1.165) is 12.0 Å². The Morgan fingerprint density at radius 1 is 0.756 bits per heavy atom. The molecule has 7 rings (SSSR count). The highest BCUT2D eigenvalue weighted by Gasteiger charge is 2.61. The zero-order chi connectivity index (χ0) is 27.8. The Morgan fingerprint density at radius 3 is 1.93 bits per heavy atom. The van der Waals surface area contributed by atoms with Crippen LogP contribution < -0.4 is 10.6 Å². The van der Waals surface area contributed by atoms with Gasteiger partial charge in [-0.2, -0.15) is 0 Å². The van der Waals surface area contributed by atoms with E-state index in [-0.39, 0.29) is 30.5 Å². The molecule has 0 bridgehead atoms. The average molecular weight is 559 g/mol. The second kappa shape index (κ2) is 11.0. The Balaban J connectivity index is 1.29. The van der Waals surface area contributed by atoms with Gasteiger partial charge in [0.05, 0.1) is 12.1 Å². The monoisotopic (exact) mass is 558 g/mol. The normalized spacial score (nSPS) is 24.5. The average Bonchev–Trinajstić information content (AvgIpc) is 3.55. The van der Waals surface area contributed by atoms with E-state index in [2.05, 4.69) is 90.7 Å². The summed E-state index contributed by atoms with van der Waals surface area (Å²) in [6, 6.07) is 40.8. The number of carbonyl (C=O) groups is 2. The Bertz CT molecular complexity index is 1520. The van der Waals surface area contributed by atoms with Crippen molar-refractivity contribution in [3.05, 3.63) is 144 Å². The van der Waals surface area contributed by atoms with Crippen molar-refractivity contribution in [1.82, 2.24) is 9.80 Å². The topological polar surface area (TPSA) is 49.9 Å². The van der Waals surface area contributed by atoms with Crippen LogP contribution in [0.1, 0.15) is 17.2 Å². The molecule has 4 aromatic rings. The minimum atomic E-state index is -0.771. The molecule has 3 saturated heterocycles. The SMILES string of the molecule is O=C1[C@@H](N2C(=O)OC[C@@H]2c2ccccc2)[C@H]2[C@@H](Cc3ccccc3)/C(=C/P(c3ccccc3)c3ccccc3)CN12. The van der Waals surface area contributed by atoms with Crippen molar-refractivity contribution >= 4 is 30.5 Å². The number of hydrogen-bond donors (Lipinski definition) is 0. The third-order valence-electron chi connectivity index (χ3n) is 8.52. The maximum absolute atomic E-state index is 13.8. The van der Waals surface area contributed by atoms with Crippen molar-refractivity contribution in [2.24, 2.45) is 5.92 Å². The number of ether oxygens (including phenoxy) is 1. The molecule has 3 aliphatic heterocycles. The number of cyclic esters (lactones) is 1. The van der Waals surface area contributed by atoms with E-state index in [1.165, 1.54) is 21.7 Å². The van der Waals surface area contributed by atoms with E-state index < -0.39 is 20.1 Å². The first-order chi connectivity index (χ1) is 20.2. The van der Waals surface area contributed by atoms with Gasteiger partial charge in [0, 0.05) is 12.5 Å². The highest BCUT2D eigenvalue weighted by atomic mass is 31.1. The minimum absolute atomic E-state index is 0.0139.